The molecule has 8 aromatic rings. The number of para-hydroxylation sites is 2. The van der Waals surface area contributed by atoms with Gasteiger partial charge >= 0.3 is 0 Å². The molecule has 0 N–H and O–H groups in total. The van der Waals surface area contributed by atoms with Crippen LogP contribution < -0.4 is 0 Å². The van der Waals surface area contributed by atoms with Crippen molar-refractivity contribution in [3.8, 4) is 50.7 Å². The van der Waals surface area contributed by atoms with E-state index in [0.29, 0.717) is 0 Å². The lowest BCUT2D eigenvalue weighted by Crippen LogP contribution is -2.17. The van der Waals surface area contributed by atoms with Gasteiger partial charge in [0.2, 0.25) is 0 Å². The maximum atomic E-state index is 5.38. The van der Waals surface area contributed by atoms with Crippen molar-refractivity contribution in [2.75, 3.05) is 0 Å². The van der Waals surface area contributed by atoms with Crippen LogP contribution >= 0.6 is 0 Å². The number of rotatable bonds is 4. The summed E-state index contributed by atoms with van der Waals surface area (Å²) in [6.07, 6.45) is 3.65. The maximum absolute atomic E-state index is 5.38. The van der Waals surface area contributed by atoms with E-state index >= 15 is 0 Å². The van der Waals surface area contributed by atoms with Gasteiger partial charge in [0.15, 0.2) is 5.82 Å². The molecule has 46 heavy (non-hydrogen) atoms. The Kier molecular flexibility index (Phi) is 5.81. The van der Waals surface area contributed by atoms with E-state index in [2.05, 4.69) is 145 Å². The van der Waals surface area contributed by atoms with Crippen LogP contribution in [0.2, 0.25) is 0 Å². The number of aromatic nitrogens is 4. The van der Waals surface area contributed by atoms with E-state index in [1.807, 2.05) is 24.5 Å². The number of pyridine rings is 1. The molecule has 1 aliphatic rings. The van der Waals surface area contributed by atoms with Gasteiger partial charge in [-0.15, -0.1) is 0 Å². The first-order chi connectivity index (χ1) is 22.6. The minimum atomic E-state index is -0.256. The van der Waals surface area contributed by atoms with Crippen molar-refractivity contribution >= 4 is 21.8 Å². The summed E-state index contributed by atoms with van der Waals surface area (Å²) in [4.78, 5) is 14.8. The zero-order chi connectivity index (χ0) is 30.8. The van der Waals surface area contributed by atoms with Gasteiger partial charge in [-0.1, -0.05) is 111 Å². The molecule has 3 aromatic heterocycles. The van der Waals surface area contributed by atoms with E-state index in [1.54, 1.807) is 0 Å². The predicted molar refractivity (Wildman–Crippen MR) is 188 cm³/mol. The maximum Gasteiger partial charge on any atom is 0.160 e. The molecular formula is C42H30N4. The lowest BCUT2D eigenvalue weighted by molar-refractivity contribution is 0.658. The van der Waals surface area contributed by atoms with Crippen LogP contribution in [0.4, 0.5) is 0 Å². The first kappa shape index (κ1) is 26.5. The molecule has 0 bridgehead atoms. The molecular weight excluding hydrogens is 560 g/mol. The molecule has 0 radical (unpaired) electrons. The molecule has 9 rings (SSSR count). The number of benzene rings is 5. The first-order valence-corrected chi connectivity index (χ1v) is 15.7. The highest BCUT2D eigenvalue weighted by Gasteiger charge is 2.40. The predicted octanol–water partition coefficient (Wildman–Crippen LogP) is 10.3. The van der Waals surface area contributed by atoms with Gasteiger partial charge in [0.1, 0.15) is 0 Å². The molecule has 0 spiro atoms. The first-order valence-electron chi connectivity index (χ1n) is 15.7. The second-order valence-corrected chi connectivity index (χ2v) is 12.5. The van der Waals surface area contributed by atoms with Gasteiger partial charge in [0.05, 0.1) is 22.4 Å². The third kappa shape index (κ3) is 3.97. The molecule has 0 amide bonds. The minimum absolute atomic E-state index is 0.256. The Hall–Kier alpha value is -5.87. The van der Waals surface area contributed by atoms with Crippen molar-refractivity contribution in [1.82, 2.24) is 19.5 Å². The lowest BCUT2D eigenvalue weighted by Gasteiger charge is -2.24. The van der Waals surface area contributed by atoms with Crippen LogP contribution in [0.25, 0.3) is 72.5 Å². The van der Waals surface area contributed by atoms with Gasteiger partial charge in [-0.25, -0.2) is 9.97 Å². The molecule has 218 valence electrons. The molecule has 1 aliphatic carbocycles. The topological polar surface area (TPSA) is 43.6 Å². The van der Waals surface area contributed by atoms with Crippen molar-refractivity contribution in [3.05, 3.63) is 157 Å². The minimum Gasteiger partial charge on any atom is -0.309 e. The standard InChI is InChI=1S/C42H30N4/c1-42(2)35-15-6-3-14-34(35)40-38(42)39(44-41(45-40)29-20-18-27(19-21-29)28-22-24-43-25-23-28)30-10-9-11-31(26-30)46-36-16-7-4-12-32(36)33-13-5-8-17-37(33)46/h3-26H,1-2H3. The number of hydrogen-bond acceptors (Lipinski definition) is 3. The normalized spacial score (nSPS) is 13.2. The van der Waals surface area contributed by atoms with Crippen molar-refractivity contribution in [2.45, 2.75) is 19.3 Å². The zero-order valence-electron chi connectivity index (χ0n) is 25.6. The van der Waals surface area contributed by atoms with E-state index in [1.165, 1.54) is 38.5 Å². The lowest BCUT2D eigenvalue weighted by atomic mass is 9.81. The second-order valence-electron chi connectivity index (χ2n) is 12.5. The van der Waals surface area contributed by atoms with Gasteiger partial charge in [-0.2, -0.15) is 0 Å². The summed E-state index contributed by atoms with van der Waals surface area (Å²) in [6, 6.07) is 47.4. The number of fused-ring (bicyclic) bond motifs is 6. The van der Waals surface area contributed by atoms with Crippen LogP contribution in [0.15, 0.2) is 146 Å². The van der Waals surface area contributed by atoms with Crippen LogP contribution in [-0.4, -0.2) is 19.5 Å². The summed E-state index contributed by atoms with van der Waals surface area (Å²) in [5.74, 6) is 0.727. The molecule has 0 saturated heterocycles. The van der Waals surface area contributed by atoms with Crippen LogP contribution in [0.5, 0.6) is 0 Å². The third-order valence-electron chi connectivity index (χ3n) is 9.50. The highest BCUT2D eigenvalue weighted by atomic mass is 15.0. The summed E-state index contributed by atoms with van der Waals surface area (Å²) in [5.41, 5.74) is 13.2. The fraction of sp³-hybridized carbons (Fsp3) is 0.0714. The van der Waals surface area contributed by atoms with Gasteiger partial charge in [-0.05, 0) is 53.1 Å². The van der Waals surface area contributed by atoms with E-state index in [-0.39, 0.29) is 5.41 Å². The fourth-order valence-electron chi connectivity index (χ4n) is 7.30. The molecule has 0 aliphatic heterocycles. The summed E-state index contributed by atoms with van der Waals surface area (Å²) < 4.78 is 2.37. The van der Waals surface area contributed by atoms with Gasteiger partial charge in [-0.3, -0.25) is 4.98 Å². The van der Waals surface area contributed by atoms with Crippen molar-refractivity contribution in [2.24, 2.45) is 0 Å². The van der Waals surface area contributed by atoms with Crippen molar-refractivity contribution < 1.29 is 0 Å². The van der Waals surface area contributed by atoms with Gasteiger partial charge in [0, 0.05) is 56.5 Å². The Morgan fingerprint density at radius 2 is 1.13 bits per heavy atom. The van der Waals surface area contributed by atoms with Gasteiger partial charge in [0.25, 0.3) is 0 Å². The monoisotopic (exact) mass is 590 g/mol. The van der Waals surface area contributed by atoms with Crippen LogP contribution in [0, 0.1) is 0 Å². The van der Waals surface area contributed by atoms with E-state index in [4.69, 9.17) is 9.97 Å². The molecule has 4 nitrogen and oxygen atoms in total. The largest absolute Gasteiger partial charge is 0.309 e. The van der Waals surface area contributed by atoms with E-state index in [9.17, 15) is 0 Å². The van der Waals surface area contributed by atoms with Crippen LogP contribution in [-0.2, 0) is 5.41 Å². The molecule has 0 fully saturated rings. The molecule has 0 atom stereocenters. The van der Waals surface area contributed by atoms with Crippen molar-refractivity contribution in [1.29, 1.82) is 0 Å². The smallest absolute Gasteiger partial charge is 0.160 e. The Labute approximate surface area is 267 Å². The SMILES string of the molecule is CC1(C)c2ccccc2-c2nc(-c3ccc(-c4ccncc4)cc3)nc(-c3cccc(-n4c5ccccc5c5ccccc54)c3)c21. The third-order valence-corrected chi connectivity index (χ3v) is 9.50. The summed E-state index contributed by atoms with van der Waals surface area (Å²) in [7, 11) is 0. The van der Waals surface area contributed by atoms with Crippen molar-refractivity contribution in [3.63, 3.8) is 0 Å². The highest BCUT2D eigenvalue weighted by molar-refractivity contribution is 6.09. The van der Waals surface area contributed by atoms with Gasteiger partial charge < -0.3 is 4.57 Å². The Morgan fingerprint density at radius 3 is 1.87 bits per heavy atom. The highest BCUT2D eigenvalue weighted by Crippen LogP contribution is 2.51. The Morgan fingerprint density at radius 1 is 0.522 bits per heavy atom. The van der Waals surface area contributed by atoms with E-state index < -0.39 is 0 Å². The average Bonchev–Trinajstić information content (AvgIpc) is 3.57. The van der Waals surface area contributed by atoms with E-state index in [0.717, 1.165) is 45.2 Å². The second kappa shape index (κ2) is 10.1. The number of nitrogens with zero attached hydrogens (tertiary/aromatic N) is 4. The van der Waals surface area contributed by atoms with Crippen LogP contribution in [0.3, 0.4) is 0 Å². The Bertz CT molecular complexity index is 2380. The molecule has 0 saturated carbocycles. The quantitative estimate of drug-likeness (QED) is 0.205. The zero-order valence-corrected chi connectivity index (χ0v) is 25.6. The number of hydrogen-bond donors (Lipinski definition) is 0. The Balaban J connectivity index is 1.26. The molecule has 0 unspecified atom stereocenters. The molecule has 4 heteroatoms. The summed E-state index contributed by atoms with van der Waals surface area (Å²) in [5, 5.41) is 2.50. The fourth-order valence-corrected chi connectivity index (χ4v) is 7.30. The summed E-state index contributed by atoms with van der Waals surface area (Å²) >= 11 is 0. The summed E-state index contributed by atoms with van der Waals surface area (Å²) in [6.45, 7) is 4.59. The average molecular weight is 591 g/mol. The van der Waals surface area contributed by atoms with Crippen LogP contribution in [0.1, 0.15) is 25.0 Å². The molecule has 3 heterocycles. The molecule has 5 aromatic carbocycles.